The van der Waals surface area contributed by atoms with Gasteiger partial charge in [0, 0.05) is 18.3 Å². The van der Waals surface area contributed by atoms with Gasteiger partial charge in [0.15, 0.2) is 0 Å². The van der Waals surface area contributed by atoms with Crippen LogP contribution in [0.4, 0.5) is 0 Å². The third kappa shape index (κ3) is 1.29. The molecule has 3 nitrogen and oxygen atoms in total. The summed E-state index contributed by atoms with van der Waals surface area (Å²) in [7, 11) is 0. The van der Waals surface area contributed by atoms with E-state index in [2.05, 4.69) is 12.0 Å². The molecule has 5 unspecified atom stereocenters. The molecule has 0 radical (unpaired) electrons. The molecule has 2 bridgehead atoms. The summed E-state index contributed by atoms with van der Waals surface area (Å²) in [5, 5.41) is 14.8. The van der Waals surface area contributed by atoms with Crippen LogP contribution in [0, 0.1) is 29.6 Å². The fourth-order valence-electron chi connectivity index (χ4n) is 4.74. The van der Waals surface area contributed by atoms with Gasteiger partial charge in [-0.15, -0.1) is 0 Å². The molecule has 1 aromatic rings. The summed E-state index contributed by atoms with van der Waals surface area (Å²) >= 11 is 0. The van der Waals surface area contributed by atoms with Crippen molar-refractivity contribution in [2.45, 2.75) is 38.8 Å². The summed E-state index contributed by atoms with van der Waals surface area (Å²) in [5.74, 6) is 4.11. The summed E-state index contributed by atoms with van der Waals surface area (Å²) < 4.78 is 1.91. The molecule has 3 heteroatoms. The molecule has 92 valence electrons. The molecule has 3 fully saturated rings. The van der Waals surface area contributed by atoms with Gasteiger partial charge >= 0.3 is 0 Å². The lowest BCUT2D eigenvalue weighted by Crippen LogP contribution is -2.07. The van der Waals surface area contributed by atoms with Gasteiger partial charge in [-0.05, 0) is 55.8 Å². The number of fused-ring (bicyclic) bond motifs is 5. The van der Waals surface area contributed by atoms with E-state index in [9.17, 15) is 5.11 Å². The van der Waals surface area contributed by atoms with Crippen molar-refractivity contribution in [2.75, 3.05) is 0 Å². The molecule has 5 atom stereocenters. The van der Waals surface area contributed by atoms with E-state index in [1.165, 1.54) is 19.3 Å². The summed E-state index contributed by atoms with van der Waals surface area (Å²) in [4.78, 5) is 0. The largest absolute Gasteiger partial charge is 0.388 e. The average Bonchev–Trinajstić information content (AvgIpc) is 2.79. The lowest BCUT2D eigenvalue weighted by Gasteiger charge is -2.13. The smallest absolute Gasteiger partial charge is 0.0854 e. The molecule has 0 aromatic carbocycles. The first-order valence-corrected chi connectivity index (χ1v) is 7.00. The Balaban J connectivity index is 1.53. The third-order valence-corrected chi connectivity index (χ3v) is 5.48. The molecule has 0 amide bonds. The van der Waals surface area contributed by atoms with Crippen LogP contribution >= 0.6 is 0 Å². The van der Waals surface area contributed by atoms with Crippen molar-refractivity contribution in [2.24, 2.45) is 29.6 Å². The predicted octanol–water partition coefficient (Wildman–Crippen LogP) is 2.23. The minimum Gasteiger partial charge on any atom is -0.388 e. The number of aryl methyl sites for hydroxylation is 1. The summed E-state index contributed by atoms with van der Waals surface area (Å²) in [6, 6.07) is 0. The second-order valence-electron chi connectivity index (χ2n) is 6.14. The number of rotatable bonds is 3. The van der Waals surface area contributed by atoms with Crippen LogP contribution in [0.15, 0.2) is 12.4 Å². The van der Waals surface area contributed by atoms with Gasteiger partial charge in [0.2, 0.25) is 0 Å². The van der Waals surface area contributed by atoms with E-state index in [1.54, 1.807) is 0 Å². The minimum atomic E-state index is -0.256. The van der Waals surface area contributed by atoms with Crippen LogP contribution in [0.5, 0.6) is 0 Å². The molecule has 0 aliphatic heterocycles. The zero-order valence-corrected chi connectivity index (χ0v) is 10.3. The Morgan fingerprint density at radius 1 is 1.41 bits per heavy atom. The number of hydrogen-bond donors (Lipinski definition) is 1. The normalized spacial score (nSPS) is 43.8. The molecule has 3 aliphatic carbocycles. The monoisotopic (exact) mass is 232 g/mol. The van der Waals surface area contributed by atoms with Gasteiger partial charge in [0.25, 0.3) is 0 Å². The van der Waals surface area contributed by atoms with E-state index >= 15 is 0 Å². The van der Waals surface area contributed by atoms with Crippen molar-refractivity contribution in [3.05, 3.63) is 18.0 Å². The van der Waals surface area contributed by atoms with Gasteiger partial charge < -0.3 is 5.11 Å². The summed E-state index contributed by atoms with van der Waals surface area (Å²) in [6.45, 7) is 2.96. The Bertz CT molecular complexity index is 425. The number of aromatic nitrogens is 2. The summed E-state index contributed by atoms with van der Waals surface area (Å²) in [6.07, 6.45) is 7.90. The molecule has 0 saturated heterocycles. The Labute approximate surface area is 102 Å². The fourth-order valence-corrected chi connectivity index (χ4v) is 4.74. The maximum Gasteiger partial charge on any atom is 0.0854 e. The molecule has 17 heavy (non-hydrogen) atoms. The highest BCUT2D eigenvalue weighted by atomic mass is 16.3. The van der Waals surface area contributed by atoms with Gasteiger partial charge in [0.1, 0.15) is 0 Å². The lowest BCUT2D eigenvalue weighted by atomic mass is 9.96. The Hall–Kier alpha value is -0.830. The first kappa shape index (κ1) is 10.1. The molecule has 3 aliphatic rings. The van der Waals surface area contributed by atoms with Crippen molar-refractivity contribution < 1.29 is 5.11 Å². The third-order valence-electron chi connectivity index (χ3n) is 5.48. The van der Waals surface area contributed by atoms with Gasteiger partial charge in [-0.3, -0.25) is 4.68 Å². The topological polar surface area (TPSA) is 38.0 Å². The van der Waals surface area contributed by atoms with E-state index in [4.69, 9.17) is 0 Å². The minimum absolute atomic E-state index is 0.256. The molecule has 3 saturated carbocycles. The molecule has 4 rings (SSSR count). The second kappa shape index (κ2) is 3.35. The number of hydrogen-bond acceptors (Lipinski definition) is 2. The maximum atomic E-state index is 10.5. The fraction of sp³-hybridized carbons (Fsp3) is 0.786. The molecule has 0 spiro atoms. The van der Waals surface area contributed by atoms with Gasteiger partial charge in [-0.1, -0.05) is 0 Å². The first-order chi connectivity index (χ1) is 8.29. The molecule has 1 aromatic heterocycles. The van der Waals surface area contributed by atoms with Crippen LogP contribution in [0.1, 0.15) is 37.9 Å². The van der Waals surface area contributed by atoms with Crippen LogP contribution in [0.3, 0.4) is 0 Å². The van der Waals surface area contributed by atoms with Crippen molar-refractivity contribution in [3.8, 4) is 0 Å². The number of aliphatic hydroxyl groups is 1. The Morgan fingerprint density at radius 3 is 2.71 bits per heavy atom. The first-order valence-electron chi connectivity index (χ1n) is 7.00. The van der Waals surface area contributed by atoms with Crippen molar-refractivity contribution in [1.29, 1.82) is 0 Å². The SMILES string of the molecule is CCn1cc(C(O)C2C3C4CCC(C4)C32)cn1. The van der Waals surface area contributed by atoms with E-state index in [0.29, 0.717) is 5.92 Å². The van der Waals surface area contributed by atoms with Crippen molar-refractivity contribution in [1.82, 2.24) is 9.78 Å². The molecule has 1 heterocycles. The van der Waals surface area contributed by atoms with Crippen molar-refractivity contribution in [3.63, 3.8) is 0 Å². The molecular formula is C14H20N2O. The quantitative estimate of drug-likeness (QED) is 0.867. The van der Waals surface area contributed by atoms with Crippen LogP contribution in [-0.4, -0.2) is 14.9 Å². The number of nitrogens with zero attached hydrogens (tertiary/aromatic N) is 2. The van der Waals surface area contributed by atoms with Gasteiger partial charge in [-0.25, -0.2) is 0 Å². The molecule has 1 N–H and O–H groups in total. The van der Waals surface area contributed by atoms with Crippen LogP contribution in [-0.2, 0) is 6.54 Å². The zero-order chi connectivity index (χ0) is 11.6. The number of aliphatic hydroxyl groups excluding tert-OH is 1. The predicted molar refractivity (Wildman–Crippen MR) is 64.2 cm³/mol. The standard InChI is InChI=1S/C14H20N2O/c1-2-16-7-10(6-15-16)14(17)13-11-8-3-4-9(5-8)12(11)13/h6-9,11-14,17H,2-5H2,1H3. The second-order valence-corrected chi connectivity index (χ2v) is 6.14. The van der Waals surface area contributed by atoms with Crippen LogP contribution < -0.4 is 0 Å². The van der Waals surface area contributed by atoms with Crippen LogP contribution in [0.25, 0.3) is 0 Å². The lowest BCUT2D eigenvalue weighted by molar-refractivity contribution is 0.130. The van der Waals surface area contributed by atoms with E-state index < -0.39 is 0 Å². The highest BCUT2D eigenvalue weighted by molar-refractivity contribution is 5.20. The zero-order valence-electron chi connectivity index (χ0n) is 10.3. The Morgan fingerprint density at radius 2 is 2.12 bits per heavy atom. The summed E-state index contributed by atoms with van der Waals surface area (Å²) in [5.41, 5.74) is 1.03. The maximum absolute atomic E-state index is 10.5. The van der Waals surface area contributed by atoms with E-state index in [-0.39, 0.29) is 6.10 Å². The molecular weight excluding hydrogens is 212 g/mol. The van der Waals surface area contributed by atoms with E-state index in [1.807, 2.05) is 17.1 Å². The average molecular weight is 232 g/mol. The van der Waals surface area contributed by atoms with Crippen molar-refractivity contribution >= 4 is 0 Å². The highest BCUT2D eigenvalue weighted by Gasteiger charge is 2.66. The van der Waals surface area contributed by atoms with E-state index in [0.717, 1.165) is 35.8 Å². The Kier molecular flexibility index (Phi) is 1.99. The van der Waals surface area contributed by atoms with Gasteiger partial charge in [-0.2, -0.15) is 5.10 Å². The van der Waals surface area contributed by atoms with Gasteiger partial charge in [0.05, 0.1) is 12.3 Å². The van der Waals surface area contributed by atoms with Crippen LogP contribution in [0.2, 0.25) is 0 Å². The highest BCUT2D eigenvalue weighted by Crippen LogP contribution is 2.72.